The van der Waals surface area contributed by atoms with Gasteiger partial charge in [0, 0.05) is 10.2 Å². The molecule has 0 bridgehead atoms. The number of methoxy groups -OCH3 is 1. The SMILES string of the molecule is COc1c(C)cc(Br)cc1C(=O)NC(=S)Nc1ccccc1C(C)C. The van der Waals surface area contributed by atoms with Crippen LogP contribution in [0.1, 0.15) is 41.3 Å². The molecule has 0 radical (unpaired) electrons. The van der Waals surface area contributed by atoms with E-state index in [9.17, 15) is 4.79 Å². The van der Waals surface area contributed by atoms with Gasteiger partial charge in [-0.3, -0.25) is 10.1 Å². The van der Waals surface area contributed by atoms with Crippen molar-refractivity contribution in [2.75, 3.05) is 12.4 Å². The highest BCUT2D eigenvalue weighted by Gasteiger charge is 2.17. The number of carbonyl (C=O) groups excluding carboxylic acids is 1. The van der Waals surface area contributed by atoms with Crippen molar-refractivity contribution in [3.63, 3.8) is 0 Å². The molecule has 2 aromatic rings. The number of nitrogens with one attached hydrogen (secondary N) is 2. The molecule has 6 heteroatoms. The Hall–Kier alpha value is -1.92. The molecule has 0 saturated carbocycles. The molecule has 2 rings (SSSR count). The molecule has 0 heterocycles. The Kier molecular flexibility index (Phi) is 6.56. The summed E-state index contributed by atoms with van der Waals surface area (Å²) < 4.78 is 6.16. The molecule has 0 aliphatic rings. The van der Waals surface area contributed by atoms with Crippen LogP contribution in [0.2, 0.25) is 0 Å². The second-order valence-electron chi connectivity index (χ2n) is 5.95. The highest BCUT2D eigenvalue weighted by atomic mass is 79.9. The summed E-state index contributed by atoms with van der Waals surface area (Å²) in [5, 5.41) is 6.07. The third kappa shape index (κ3) is 4.80. The number of para-hydroxylation sites is 1. The van der Waals surface area contributed by atoms with Crippen LogP contribution in [0.3, 0.4) is 0 Å². The van der Waals surface area contributed by atoms with E-state index >= 15 is 0 Å². The Morgan fingerprint density at radius 2 is 1.92 bits per heavy atom. The van der Waals surface area contributed by atoms with Crippen LogP contribution in [0.4, 0.5) is 5.69 Å². The van der Waals surface area contributed by atoms with Crippen LogP contribution in [0.5, 0.6) is 5.75 Å². The Bertz CT molecular complexity index is 806. The van der Waals surface area contributed by atoms with Gasteiger partial charge in [0.15, 0.2) is 5.11 Å². The van der Waals surface area contributed by atoms with Gasteiger partial charge in [0.25, 0.3) is 5.91 Å². The maximum Gasteiger partial charge on any atom is 0.261 e. The van der Waals surface area contributed by atoms with Crippen molar-refractivity contribution >= 4 is 44.9 Å². The minimum atomic E-state index is -0.319. The van der Waals surface area contributed by atoms with E-state index in [1.807, 2.05) is 37.3 Å². The second kappa shape index (κ2) is 8.45. The van der Waals surface area contributed by atoms with Gasteiger partial charge in [-0.25, -0.2) is 0 Å². The third-order valence-corrected chi connectivity index (χ3v) is 4.41. The molecule has 132 valence electrons. The van der Waals surface area contributed by atoms with E-state index in [-0.39, 0.29) is 11.0 Å². The van der Waals surface area contributed by atoms with Crippen molar-refractivity contribution in [1.82, 2.24) is 5.32 Å². The smallest absolute Gasteiger partial charge is 0.261 e. The van der Waals surface area contributed by atoms with Gasteiger partial charge in [-0.15, -0.1) is 0 Å². The first-order chi connectivity index (χ1) is 11.8. The molecule has 2 aromatic carbocycles. The number of aryl methyl sites for hydroxylation is 1. The molecule has 0 aliphatic carbocycles. The van der Waals surface area contributed by atoms with Crippen molar-refractivity contribution in [1.29, 1.82) is 0 Å². The predicted octanol–water partition coefficient (Wildman–Crippen LogP) is 5.02. The van der Waals surface area contributed by atoms with Gasteiger partial charge in [0.2, 0.25) is 0 Å². The summed E-state index contributed by atoms with van der Waals surface area (Å²) in [7, 11) is 1.54. The highest BCUT2D eigenvalue weighted by molar-refractivity contribution is 9.10. The highest BCUT2D eigenvalue weighted by Crippen LogP contribution is 2.28. The Morgan fingerprint density at radius 1 is 1.24 bits per heavy atom. The van der Waals surface area contributed by atoms with E-state index in [1.54, 1.807) is 13.2 Å². The lowest BCUT2D eigenvalue weighted by Crippen LogP contribution is -2.34. The molecular weight excluding hydrogens is 400 g/mol. The summed E-state index contributed by atoms with van der Waals surface area (Å²) in [6.07, 6.45) is 0. The fraction of sp³-hybridized carbons (Fsp3) is 0.263. The predicted molar refractivity (Wildman–Crippen MR) is 110 cm³/mol. The minimum Gasteiger partial charge on any atom is -0.496 e. The fourth-order valence-corrected chi connectivity index (χ4v) is 3.38. The number of anilines is 1. The van der Waals surface area contributed by atoms with Gasteiger partial charge in [0.05, 0.1) is 12.7 Å². The fourth-order valence-electron chi connectivity index (χ4n) is 2.61. The van der Waals surface area contributed by atoms with Gasteiger partial charge < -0.3 is 10.1 Å². The lowest BCUT2D eigenvalue weighted by atomic mass is 10.0. The molecule has 0 spiro atoms. The summed E-state index contributed by atoms with van der Waals surface area (Å²) in [4.78, 5) is 12.6. The zero-order chi connectivity index (χ0) is 18.6. The maximum atomic E-state index is 12.6. The van der Waals surface area contributed by atoms with E-state index in [4.69, 9.17) is 17.0 Å². The summed E-state index contributed by atoms with van der Waals surface area (Å²) in [5.41, 5.74) is 3.32. The standard InChI is InChI=1S/C19H21BrN2O2S/c1-11(2)14-7-5-6-8-16(14)21-19(25)22-18(23)15-10-13(20)9-12(3)17(15)24-4/h5-11H,1-4H3,(H2,21,22,23,25). The number of hydrogen-bond acceptors (Lipinski definition) is 3. The van der Waals surface area contributed by atoms with Gasteiger partial charge in [-0.1, -0.05) is 48.0 Å². The van der Waals surface area contributed by atoms with Crippen LogP contribution in [0, 0.1) is 6.92 Å². The van der Waals surface area contributed by atoms with Crippen molar-refractivity contribution in [3.05, 3.63) is 57.6 Å². The van der Waals surface area contributed by atoms with Crippen LogP contribution in [0.15, 0.2) is 40.9 Å². The average Bonchev–Trinajstić information content (AvgIpc) is 2.54. The molecule has 1 amide bonds. The topological polar surface area (TPSA) is 50.4 Å². The van der Waals surface area contributed by atoms with Gasteiger partial charge in [-0.2, -0.15) is 0 Å². The van der Waals surface area contributed by atoms with E-state index in [0.29, 0.717) is 17.2 Å². The molecule has 0 saturated heterocycles. The number of hydrogen-bond donors (Lipinski definition) is 2. The maximum absolute atomic E-state index is 12.6. The molecule has 0 unspecified atom stereocenters. The van der Waals surface area contributed by atoms with Gasteiger partial charge >= 0.3 is 0 Å². The first-order valence-electron chi connectivity index (χ1n) is 7.89. The molecule has 0 fully saturated rings. The number of amides is 1. The molecule has 4 nitrogen and oxygen atoms in total. The number of thiocarbonyl (C=S) groups is 1. The van der Waals surface area contributed by atoms with Crippen LogP contribution in [0.25, 0.3) is 0 Å². The number of ether oxygens (including phenoxy) is 1. The number of rotatable bonds is 4. The molecule has 2 N–H and O–H groups in total. The number of halogens is 1. The molecule has 0 atom stereocenters. The number of benzene rings is 2. The molecule has 0 aromatic heterocycles. The van der Waals surface area contributed by atoms with Crippen LogP contribution in [-0.2, 0) is 0 Å². The monoisotopic (exact) mass is 420 g/mol. The minimum absolute atomic E-state index is 0.248. The van der Waals surface area contributed by atoms with Crippen LogP contribution in [-0.4, -0.2) is 18.1 Å². The first kappa shape index (κ1) is 19.4. The van der Waals surface area contributed by atoms with Crippen molar-refractivity contribution in [3.8, 4) is 5.75 Å². The zero-order valence-corrected chi connectivity index (χ0v) is 17.0. The van der Waals surface area contributed by atoms with Crippen molar-refractivity contribution in [2.45, 2.75) is 26.7 Å². The zero-order valence-electron chi connectivity index (χ0n) is 14.6. The van der Waals surface area contributed by atoms with Gasteiger partial charge in [0.1, 0.15) is 5.75 Å². The normalized spacial score (nSPS) is 10.5. The molecular formula is C19H21BrN2O2S. The van der Waals surface area contributed by atoms with Crippen LogP contribution < -0.4 is 15.4 Å². The molecule has 0 aliphatic heterocycles. The summed E-state index contributed by atoms with van der Waals surface area (Å²) in [6.45, 7) is 6.10. The Morgan fingerprint density at radius 3 is 2.56 bits per heavy atom. The number of carbonyl (C=O) groups is 1. The van der Waals surface area contributed by atoms with Crippen molar-refractivity contribution in [2.24, 2.45) is 0 Å². The summed E-state index contributed by atoms with van der Waals surface area (Å²) in [6, 6.07) is 11.5. The third-order valence-electron chi connectivity index (χ3n) is 3.75. The summed E-state index contributed by atoms with van der Waals surface area (Å²) in [5.74, 6) is 0.557. The van der Waals surface area contributed by atoms with Crippen LogP contribution >= 0.6 is 28.1 Å². The average molecular weight is 421 g/mol. The molecule has 25 heavy (non-hydrogen) atoms. The van der Waals surface area contributed by atoms with E-state index in [1.165, 1.54) is 0 Å². The van der Waals surface area contributed by atoms with Gasteiger partial charge in [-0.05, 0) is 54.4 Å². The largest absolute Gasteiger partial charge is 0.496 e. The quantitative estimate of drug-likeness (QED) is 0.681. The Balaban J connectivity index is 2.18. The van der Waals surface area contributed by atoms with E-state index < -0.39 is 0 Å². The lowest BCUT2D eigenvalue weighted by Gasteiger charge is -2.16. The van der Waals surface area contributed by atoms with E-state index in [0.717, 1.165) is 21.3 Å². The first-order valence-corrected chi connectivity index (χ1v) is 9.09. The lowest BCUT2D eigenvalue weighted by molar-refractivity contribution is 0.0974. The van der Waals surface area contributed by atoms with E-state index in [2.05, 4.69) is 40.4 Å². The second-order valence-corrected chi connectivity index (χ2v) is 7.28. The Labute approximate surface area is 162 Å². The van der Waals surface area contributed by atoms with Crippen molar-refractivity contribution < 1.29 is 9.53 Å². The summed E-state index contributed by atoms with van der Waals surface area (Å²) >= 11 is 8.71.